The van der Waals surface area contributed by atoms with Gasteiger partial charge in [-0.2, -0.15) is 5.10 Å². The highest BCUT2D eigenvalue weighted by molar-refractivity contribution is 6.09. The van der Waals surface area contributed by atoms with E-state index in [0.29, 0.717) is 23.6 Å². The molecule has 2 rings (SSSR count). The molecule has 1 heterocycles. The Bertz CT molecular complexity index is 629. The molecule has 0 saturated carbocycles. The number of benzene rings is 1. The van der Waals surface area contributed by atoms with Crippen molar-refractivity contribution in [1.29, 1.82) is 0 Å². The maximum atomic E-state index is 12.7. The Labute approximate surface area is 119 Å². The lowest BCUT2D eigenvalue weighted by molar-refractivity contribution is 0.102. The first-order chi connectivity index (χ1) is 9.58. The quantitative estimate of drug-likeness (QED) is 0.785. The van der Waals surface area contributed by atoms with Crippen molar-refractivity contribution in [2.75, 3.05) is 7.11 Å². The second-order valence-electron chi connectivity index (χ2n) is 4.91. The van der Waals surface area contributed by atoms with E-state index in [1.165, 1.54) is 5.56 Å². The van der Waals surface area contributed by atoms with E-state index in [9.17, 15) is 4.79 Å². The standard InChI is InChI=1S/C16H20N2O2/c1-5-8-18-15(14(20-4)10-17-18)16(19)13-7-6-11(2)12(3)9-13/h6-7,9-10H,5,8H2,1-4H3. The van der Waals surface area contributed by atoms with E-state index in [1.807, 2.05) is 32.0 Å². The van der Waals surface area contributed by atoms with Gasteiger partial charge in [0.2, 0.25) is 5.78 Å². The Morgan fingerprint density at radius 2 is 2.05 bits per heavy atom. The van der Waals surface area contributed by atoms with Crippen LogP contribution in [0.25, 0.3) is 0 Å². The van der Waals surface area contributed by atoms with Crippen molar-refractivity contribution in [3.8, 4) is 5.75 Å². The van der Waals surface area contributed by atoms with Crippen LogP contribution in [-0.2, 0) is 6.54 Å². The zero-order chi connectivity index (χ0) is 14.7. The molecule has 0 spiro atoms. The van der Waals surface area contributed by atoms with E-state index in [-0.39, 0.29) is 5.78 Å². The Morgan fingerprint density at radius 3 is 2.65 bits per heavy atom. The van der Waals surface area contributed by atoms with E-state index in [1.54, 1.807) is 18.0 Å². The fourth-order valence-corrected chi connectivity index (χ4v) is 2.15. The van der Waals surface area contributed by atoms with Gasteiger partial charge in [0.15, 0.2) is 11.4 Å². The van der Waals surface area contributed by atoms with Gasteiger partial charge in [-0.25, -0.2) is 0 Å². The summed E-state index contributed by atoms with van der Waals surface area (Å²) < 4.78 is 6.98. The third-order valence-corrected chi connectivity index (χ3v) is 3.45. The predicted molar refractivity (Wildman–Crippen MR) is 78.4 cm³/mol. The van der Waals surface area contributed by atoms with Crippen molar-refractivity contribution in [3.63, 3.8) is 0 Å². The van der Waals surface area contributed by atoms with Crippen LogP contribution < -0.4 is 4.74 Å². The van der Waals surface area contributed by atoms with Gasteiger partial charge in [0.25, 0.3) is 0 Å². The van der Waals surface area contributed by atoms with E-state index in [4.69, 9.17) is 4.74 Å². The molecule has 1 aromatic heterocycles. The molecule has 0 fully saturated rings. The minimum Gasteiger partial charge on any atom is -0.493 e. The fraction of sp³-hybridized carbons (Fsp3) is 0.375. The van der Waals surface area contributed by atoms with Crippen LogP contribution in [0.15, 0.2) is 24.4 Å². The van der Waals surface area contributed by atoms with Gasteiger partial charge in [-0.05, 0) is 37.5 Å². The number of hydrogen-bond acceptors (Lipinski definition) is 3. The maximum Gasteiger partial charge on any atom is 0.214 e. The number of nitrogens with zero attached hydrogens (tertiary/aromatic N) is 2. The molecule has 4 heteroatoms. The van der Waals surface area contributed by atoms with Crippen molar-refractivity contribution in [2.45, 2.75) is 33.7 Å². The summed E-state index contributed by atoms with van der Waals surface area (Å²) in [5.41, 5.74) is 3.48. The first-order valence-electron chi connectivity index (χ1n) is 6.80. The molecular weight excluding hydrogens is 252 g/mol. The van der Waals surface area contributed by atoms with Gasteiger partial charge in [-0.1, -0.05) is 19.1 Å². The molecule has 1 aromatic carbocycles. The number of aryl methyl sites for hydroxylation is 3. The summed E-state index contributed by atoms with van der Waals surface area (Å²) in [6.07, 6.45) is 2.52. The van der Waals surface area contributed by atoms with Gasteiger partial charge in [-0.15, -0.1) is 0 Å². The Hall–Kier alpha value is -2.10. The number of hydrogen-bond donors (Lipinski definition) is 0. The molecule has 0 amide bonds. The van der Waals surface area contributed by atoms with Crippen LogP contribution in [0.4, 0.5) is 0 Å². The number of rotatable bonds is 5. The molecule has 0 bridgehead atoms. The van der Waals surface area contributed by atoms with Gasteiger partial charge < -0.3 is 4.74 Å². The summed E-state index contributed by atoms with van der Waals surface area (Å²) in [7, 11) is 1.56. The van der Waals surface area contributed by atoms with Gasteiger partial charge in [0.1, 0.15) is 0 Å². The number of carbonyl (C=O) groups is 1. The first kappa shape index (κ1) is 14.3. The molecule has 0 N–H and O–H groups in total. The number of ether oxygens (including phenoxy) is 1. The molecule has 4 nitrogen and oxygen atoms in total. The minimum atomic E-state index is -0.0455. The molecule has 106 valence electrons. The minimum absolute atomic E-state index is 0.0455. The van der Waals surface area contributed by atoms with Crippen LogP contribution in [-0.4, -0.2) is 22.7 Å². The van der Waals surface area contributed by atoms with Crippen LogP contribution in [0.1, 0.15) is 40.5 Å². The summed E-state index contributed by atoms with van der Waals surface area (Å²) in [4.78, 5) is 12.7. The Morgan fingerprint density at radius 1 is 1.30 bits per heavy atom. The van der Waals surface area contributed by atoms with Gasteiger partial charge in [0.05, 0.1) is 13.3 Å². The molecule has 0 unspecified atom stereocenters. The van der Waals surface area contributed by atoms with E-state index in [0.717, 1.165) is 12.0 Å². The normalized spacial score (nSPS) is 10.6. The topological polar surface area (TPSA) is 44.1 Å². The van der Waals surface area contributed by atoms with E-state index < -0.39 is 0 Å². The number of aromatic nitrogens is 2. The fourth-order valence-electron chi connectivity index (χ4n) is 2.15. The summed E-state index contributed by atoms with van der Waals surface area (Å²) in [6, 6.07) is 5.74. The van der Waals surface area contributed by atoms with E-state index in [2.05, 4.69) is 12.0 Å². The van der Waals surface area contributed by atoms with Gasteiger partial charge in [0, 0.05) is 12.1 Å². The lowest BCUT2D eigenvalue weighted by Crippen LogP contribution is -2.13. The molecule has 0 saturated heterocycles. The van der Waals surface area contributed by atoms with Gasteiger partial charge in [-0.3, -0.25) is 9.48 Å². The number of carbonyl (C=O) groups excluding carboxylic acids is 1. The lowest BCUT2D eigenvalue weighted by Gasteiger charge is -2.09. The lowest BCUT2D eigenvalue weighted by atomic mass is 10.0. The molecule has 0 radical (unpaired) electrons. The molecule has 0 aliphatic carbocycles. The maximum absolute atomic E-state index is 12.7. The van der Waals surface area contributed by atoms with Crippen molar-refractivity contribution in [2.24, 2.45) is 0 Å². The largest absolute Gasteiger partial charge is 0.493 e. The predicted octanol–water partition coefficient (Wildman–Crippen LogP) is 3.15. The van der Waals surface area contributed by atoms with Crippen LogP contribution in [0.2, 0.25) is 0 Å². The highest BCUT2D eigenvalue weighted by Gasteiger charge is 2.20. The summed E-state index contributed by atoms with van der Waals surface area (Å²) >= 11 is 0. The summed E-state index contributed by atoms with van der Waals surface area (Å²) in [5.74, 6) is 0.484. The van der Waals surface area contributed by atoms with Crippen LogP contribution >= 0.6 is 0 Å². The third-order valence-electron chi connectivity index (χ3n) is 3.45. The average molecular weight is 272 g/mol. The first-order valence-corrected chi connectivity index (χ1v) is 6.80. The number of methoxy groups -OCH3 is 1. The molecular formula is C16H20N2O2. The summed E-state index contributed by atoms with van der Waals surface area (Å²) in [5, 5.41) is 4.23. The SMILES string of the molecule is CCCn1ncc(OC)c1C(=O)c1ccc(C)c(C)c1. The summed E-state index contributed by atoms with van der Waals surface area (Å²) in [6.45, 7) is 6.80. The van der Waals surface area contributed by atoms with Crippen molar-refractivity contribution in [3.05, 3.63) is 46.8 Å². The van der Waals surface area contributed by atoms with E-state index >= 15 is 0 Å². The highest BCUT2D eigenvalue weighted by atomic mass is 16.5. The van der Waals surface area contributed by atoms with Crippen LogP contribution in [0.3, 0.4) is 0 Å². The molecule has 0 atom stereocenters. The second-order valence-corrected chi connectivity index (χ2v) is 4.91. The molecule has 20 heavy (non-hydrogen) atoms. The monoisotopic (exact) mass is 272 g/mol. The Kier molecular flexibility index (Phi) is 4.23. The van der Waals surface area contributed by atoms with Crippen LogP contribution in [0, 0.1) is 13.8 Å². The van der Waals surface area contributed by atoms with Crippen LogP contribution in [0.5, 0.6) is 5.75 Å². The third kappa shape index (κ3) is 2.59. The molecule has 2 aromatic rings. The average Bonchev–Trinajstić information content (AvgIpc) is 2.84. The highest BCUT2D eigenvalue weighted by Crippen LogP contribution is 2.22. The van der Waals surface area contributed by atoms with Gasteiger partial charge >= 0.3 is 0 Å². The van der Waals surface area contributed by atoms with Crippen molar-refractivity contribution >= 4 is 5.78 Å². The van der Waals surface area contributed by atoms with Crippen molar-refractivity contribution in [1.82, 2.24) is 9.78 Å². The smallest absolute Gasteiger partial charge is 0.214 e. The molecule has 0 aliphatic heterocycles. The molecule has 0 aliphatic rings. The number of ketones is 1. The Balaban J connectivity index is 2.46. The van der Waals surface area contributed by atoms with Crippen molar-refractivity contribution < 1.29 is 9.53 Å². The zero-order valence-electron chi connectivity index (χ0n) is 12.4. The zero-order valence-corrected chi connectivity index (χ0v) is 12.4. The second kappa shape index (κ2) is 5.90.